The summed E-state index contributed by atoms with van der Waals surface area (Å²) in [5, 5.41) is 2.95. The molecule has 0 aliphatic rings. The van der Waals surface area contributed by atoms with Gasteiger partial charge in [0, 0.05) is 13.0 Å². The van der Waals surface area contributed by atoms with Crippen LogP contribution >= 0.6 is 0 Å². The maximum absolute atomic E-state index is 12.0. The van der Waals surface area contributed by atoms with E-state index in [1.807, 2.05) is 43.3 Å². The third-order valence-corrected chi connectivity index (χ3v) is 3.73. The number of hydrogen-bond acceptors (Lipinski definition) is 3. The van der Waals surface area contributed by atoms with Crippen molar-refractivity contribution in [3.8, 4) is 11.5 Å². The molecule has 4 heteroatoms. The first-order valence-corrected chi connectivity index (χ1v) is 8.33. The van der Waals surface area contributed by atoms with Gasteiger partial charge in [0.05, 0.1) is 13.7 Å². The van der Waals surface area contributed by atoms with E-state index < -0.39 is 0 Å². The average Bonchev–Trinajstić information content (AvgIpc) is 2.62. The van der Waals surface area contributed by atoms with Crippen LogP contribution in [0.4, 0.5) is 0 Å². The molecule has 0 fully saturated rings. The Labute approximate surface area is 143 Å². The molecule has 0 saturated carbocycles. The number of carbonyl (C=O) groups excluding carboxylic acids is 1. The van der Waals surface area contributed by atoms with Crippen LogP contribution in [0.3, 0.4) is 0 Å². The Bertz CT molecular complexity index is 641. The second-order valence-corrected chi connectivity index (χ2v) is 5.53. The summed E-state index contributed by atoms with van der Waals surface area (Å²) in [6, 6.07) is 15.9. The third kappa shape index (κ3) is 5.61. The molecule has 2 aromatic carbocycles. The molecule has 0 spiro atoms. The topological polar surface area (TPSA) is 47.6 Å². The lowest BCUT2D eigenvalue weighted by atomic mass is 10.1. The van der Waals surface area contributed by atoms with E-state index in [1.54, 1.807) is 7.11 Å². The van der Waals surface area contributed by atoms with Crippen molar-refractivity contribution < 1.29 is 14.3 Å². The standard InChI is InChI=1S/C20H25NO3/c1-3-24-18-13-12-17(14-19(18)23-2)15-21-20(22)11-7-10-16-8-5-4-6-9-16/h4-6,8-9,12-14H,3,7,10-11,15H2,1-2H3,(H,21,22). The minimum absolute atomic E-state index is 0.0683. The summed E-state index contributed by atoms with van der Waals surface area (Å²) in [7, 11) is 1.61. The zero-order chi connectivity index (χ0) is 17.2. The fourth-order valence-corrected chi connectivity index (χ4v) is 2.48. The molecule has 1 N–H and O–H groups in total. The van der Waals surface area contributed by atoms with Crippen LogP contribution in [0.5, 0.6) is 11.5 Å². The molecule has 0 atom stereocenters. The summed E-state index contributed by atoms with van der Waals surface area (Å²) in [6.45, 7) is 3.02. The minimum Gasteiger partial charge on any atom is -0.493 e. The molecule has 2 rings (SSSR count). The van der Waals surface area contributed by atoms with E-state index in [-0.39, 0.29) is 5.91 Å². The van der Waals surface area contributed by atoms with Gasteiger partial charge in [-0.25, -0.2) is 0 Å². The lowest BCUT2D eigenvalue weighted by molar-refractivity contribution is -0.121. The lowest BCUT2D eigenvalue weighted by Gasteiger charge is -2.11. The van der Waals surface area contributed by atoms with Gasteiger partial charge < -0.3 is 14.8 Å². The molecule has 4 nitrogen and oxygen atoms in total. The van der Waals surface area contributed by atoms with E-state index in [0.717, 1.165) is 24.2 Å². The van der Waals surface area contributed by atoms with Gasteiger partial charge >= 0.3 is 0 Å². The smallest absolute Gasteiger partial charge is 0.220 e. The Hall–Kier alpha value is -2.49. The van der Waals surface area contributed by atoms with Gasteiger partial charge in [0.15, 0.2) is 11.5 Å². The number of aryl methyl sites for hydroxylation is 1. The quantitative estimate of drug-likeness (QED) is 0.763. The Morgan fingerprint density at radius 3 is 2.54 bits per heavy atom. The van der Waals surface area contributed by atoms with Crippen LogP contribution < -0.4 is 14.8 Å². The van der Waals surface area contributed by atoms with Gasteiger partial charge in [-0.2, -0.15) is 0 Å². The lowest BCUT2D eigenvalue weighted by Crippen LogP contribution is -2.22. The minimum atomic E-state index is 0.0683. The Balaban J connectivity index is 1.77. The third-order valence-electron chi connectivity index (χ3n) is 3.73. The van der Waals surface area contributed by atoms with Crippen molar-refractivity contribution in [2.75, 3.05) is 13.7 Å². The molecule has 128 valence electrons. The van der Waals surface area contributed by atoms with Crippen LogP contribution in [0.2, 0.25) is 0 Å². The molecule has 0 heterocycles. The molecule has 0 radical (unpaired) electrons. The van der Waals surface area contributed by atoms with Crippen molar-refractivity contribution >= 4 is 5.91 Å². The highest BCUT2D eigenvalue weighted by Crippen LogP contribution is 2.27. The number of hydrogen-bond donors (Lipinski definition) is 1. The fourth-order valence-electron chi connectivity index (χ4n) is 2.48. The van der Waals surface area contributed by atoms with Crippen LogP contribution in [0.25, 0.3) is 0 Å². The van der Waals surface area contributed by atoms with Gasteiger partial charge in [-0.1, -0.05) is 36.4 Å². The number of benzene rings is 2. The molecule has 1 amide bonds. The number of rotatable bonds is 9. The number of methoxy groups -OCH3 is 1. The number of amides is 1. The summed E-state index contributed by atoms with van der Waals surface area (Å²) in [4.78, 5) is 12.0. The normalized spacial score (nSPS) is 10.2. The Morgan fingerprint density at radius 1 is 1.04 bits per heavy atom. The van der Waals surface area contributed by atoms with Crippen molar-refractivity contribution in [2.24, 2.45) is 0 Å². The van der Waals surface area contributed by atoms with Crippen molar-refractivity contribution in [2.45, 2.75) is 32.7 Å². The molecule has 0 saturated heterocycles. The predicted octanol–water partition coefficient (Wildman–Crippen LogP) is 3.73. The first-order valence-electron chi connectivity index (χ1n) is 8.33. The second-order valence-electron chi connectivity index (χ2n) is 5.53. The number of ether oxygens (including phenoxy) is 2. The molecule has 2 aromatic rings. The monoisotopic (exact) mass is 327 g/mol. The van der Waals surface area contributed by atoms with Crippen LogP contribution in [0.15, 0.2) is 48.5 Å². The van der Waals surface area contributed by atoms with E-state index in [9.17, 15) is 4.79 Å². The van der Waals surface area contributed by atoms with Gasteiger partial charge in [-0.3, -0.25) is 4.79 Å². The second kappa shape index (κ2) is 9.60. The highest BCUT2D eigenvalue weighted by atomic mass is 16.5. The summed E-state index contributed by atoms with van der Waals surface area (Å²) in [5.41, 5.74) is 2.26. The van der Waals surface area contributed by atoms with Gasteiger partial charge in [-0.15, -0.1) is 0 Å². The van der Waals surface area contributed by atoms with Crippen LogP contribution in [0, 0.1) is 0 Å². The summed E-state index contributed by atoms with van der Waals surface area (Å²) < 4.78 is 10.8. The average molecular weight is 327 g/mol. The molecular weight excluding hydrogens is 302 g/mol. The van der Waals surface area contributed by atoms with E-state index in [1.165, 1.54) is 5.56 Å². The van der Waals surface area contributed by atoms with Crippen LogP contribution in [0.1, 0.15) is 30.9 Å². The maximum Gasteiger partial charge on any atom is 0.220 e. The van der Waals surface area contributed by atoms with Crippen molar-refractivity contribution in [3.05, 3.63) is 59.7 Å². The molecule has 0 aromatic heterocycles. The molecule has 0 bridgehead atoms. The van der Waals surface area contributed by atoms with Crippen molar-refractivity contribution in [1.29, 1.82) is 0 Å². The van der Waals surface area contributed by atoms with Crippen LogP contribution in [-0.4, -0.2) is 19.6 Å². The van der Waals surface area contributed by atoms with Crippen molar-refractivity contribution in [1.82, 2.24) is 5.32 Å². The number of nitrogens with one attached hydrogen (secondary N) is 1. The molecule has 0 aliphatic heterocycles. The van der Waals surface area contributed by atoms with Gasteiger partial charge in [0.1, 0.15) is 0 Å². The first-order chi connectivity index (χ1) is 11.7. The highest BCUT2D eigenvalue weighted by molar-refractivity contribution is 5.75. The largest absolute Gasteiger partial charge is 0.493 e. The Kier molecular flexibility index (Phi) is 7.15. The molecule has 0 unspecified atom stereocenters. The van der Waals surface area contributed by atoms with Gasteiger partial charge in [-0.05, 0) is 43.0 Å². The predicted molar refractivity (Wildman–Crippen MR) is 95.4 cm³/mol. The summed E-state index contributed by atoms with van der Waals surface area (Å²) in [5.74, 6) is 1.48. The molecule has 24 heavy (non-hydrogen) atoms. The SMILES string of the molecule is CCOc1ccc(CNC(=O)CCCc2ccccc2)cc1OC. The summed E-state index contributed by atoms with van der Waals surface area (Å²) in [6.07, 6.45) is 2.30. The van der Waals surface area contributed by atoms with E-state index in [2.05, 4.69) is 17.4 Å². The van der Waals surface area contributed by atoms with Gasteiger partial charge in [0.25, 0.3) is 0 Å². The van der Waals surface area contributed by atoms with E-state index >= 15 is 0 Å². The van der Waals surface area contributed by atoms with E-state index in [0.29, 0.717) is 25.3 Å². The zero-order valence-electron chi connectivity index (χ0n) is 14.4. The van der Waals surface area contributed by atoms with Gasteiger partial charge in [0.2, 0.25) is 5.91 Å². The van der Waals surface area contributed by atoms with Crippen molar-refractivity contribution in [3.63, 3.8) is 0 Å². The highest BCUT2D eigenvalue weighted by Gasteiger charge is 2.07. The Morgan fingerprint density at radius 2 is 1.83 bits per heavy atom. The number of carbonyl (C=O) groups is 1. The first kappa shape index (κ1) is 17.9. The fraction of sp³-hybridized carbons (Fsp3) is 0.350. The van der Waals surface area contributed by atoms with E-state index in [4.69, 9.17) is 9.47 Å². The molecule has 0 aliphatic carbocycles. The zero-order valence-corrected chi connectivity index (χ0v) is 14.4. The summed E-state index contributed by atoms with van der Waals surface area (Å²) >= 11 is 0. The maximum atomic E-state index is 12.0. The molecular formula is C20H25NO3. The van der Waals surface area contributed by atoms with Crippen LogP contribution in [-0.2, 0) is 17.8 Å².